The molecule has 1 atom stereocenters. The van der Waals surface area contributed by atoms with Crippen molar-refractivity contribution in [2.75, 3.05) is 0 Å². The molecule has 1 aromatic heterocycles. The lowest BCUT2D eigenvalue weighted by Gasteiger charge is -2.13. The zero-order valence-corrected chi connectivity index (χ0v) is 10.8. The van der Waals surface area contributed by atoms with Crippen molar-refractivity contribution >= 4 is 22.9 Å². The number of rotatable bonds is 2. The van der Waals surface area contributed by atoms with Crippen LogP contribution in [0.2, 0.25) is 5.02 Å². The van der Waals surface area contributed by atoms with Gasteiger partial charge in [0.15, 0.2) is 0 Å². The molecule has 1 aromatic carbocycles. The van der Waals surface area contributed by atoms with Gasteiger partial charge in [0.2, 0.25) is 0 Å². The Morgan fingerprint density at radius 1 is 1.31 bits per heavy atom. The first-order valence-electron chi connectivity index (χ1n) is 5.07. The molecule has 0 amide bonds. The van der Waals surface area contributed by atoms with E-state index in [4.69, 9.17) is 11.6 Å². The van der Waals surface area contributed by atoms with E-state index in [1.54, 1.807) is 11.3 Å². The largest absolute Gasteiger partial charge is 0.384 e. The van der Waals surface area contributed by atoms with Crippen molar-refractivity contribution in [3.63, 3.8) is 0 Å². The van der Waals surface area contributed by atoms with Crippen LogP contribution in [-0.2, 0) is 0 Å². The average molecular weight is 253 g/mol. The number of aliphatic hydroxyl groups is 1. The lowest BCUT2D eigenvalue weighted by molar-refractivity contribution is 0.220. The number of aliphatic hydroxyl groups excluding tert-OH is 1. The Labute approximate surface area is 104 Å². The van der Waals surface area contributed by atoms with Crippen LogP contribution in [0.4, 0.5) is 0 Å². The second-order valence-corrected chi connectivity index (χ2v) is 5.37. The van der Waals surface area contributed by atoms with E-state index in [2.05, 4.69) is 0 Å². The standard InChI is InChI=1S/C13H13ClOS/c1-8-6-10(7-16-8)13(15)11-4-3-5-12(14)9(11)2/h3-7,13,15H,1-2H3. The van der Waals surface area contributed by atoms with Crippen LogP contribution in [0.25, 0.3) is 0 Å². The minimum absolute atomic E-state index is 0.580. The Morgan fingerprint density at radius 3 is 2.69 bits per heavy atom. The fourth-order valence-electron chi connectivity index (χ4n) is 1.71. The van der Waals surface area contributed by atoms with Crippen molar-refractivity contribution in [1.29, 1.82) is 0 Å². The third-order valence-electron chi connectivity index (χ3n) is 2.67. The number of aryl methyl sites for hydroxylation is 1. The summed E-state index contributed by atoms with van der Waals surface area (Å²) in [4.78, 5) is 1.20. The van der Waals surface area contributed by atoms with Gasteiger partial charge in [0.1, 0.15) is 6.10 Å². The van der Waals surface area contributed by atoms with Crippen molar-refractivity contribution < 1.29 is 5.11 Å². The SMILES string of the molecule is Cc1cc(C(O)c2cccc(Cl)c2C)cs1. The highest BCUT2D eigenvalue weighted by Crippen LogP contribution is 2.30. The lowest BCUT2D eigenvalue weighted by atomic mass is 9.99. The summed E-state index contributed by atoms with van der Waals surface area (Å²) < 4.78 is 0. The zero-order valence-electron chi connectivity index (χ0n) is 9.20. The first kappa shape index (κ1) is 11.6. The monoisotopic (exact) mass is 252 g/mol. The molecule has 0 bridgehead atoms. The molecule has 2 aromatic rings. The molecule has 0 saturated carbocycles. The van der Waals surface area contributed by atoms with Crippen molar-refractivity contribution in [3.05, 3.63) is 56.2 Å². The van der Waals surface area contributed by atoms with Crippen LogP contribution in [0.1, 0.15) is 27.7 Å². The van der Waals surface area contributed by atoms with Crippen molar-refractivity contribution in [2.45, 2.75) is 20.0 Å². The van der Waals surface area contributed by atoms with E-state index in [0.717, 1.165) is 16.7 Å². The Hall–Kier alpha value is -0.830. The predicted molar refractivity (Wildman–Crippen MR) is 69.3 cm³/mol. The highest BCUT2D eigenvalue weighted by Gasteiger charge is 2.15. The van der Waals surface area contributed by atoms with Crippen LogP contribution in [0, 0.1) is 13.8 Å². The molecule has 1 N–H and O–H groups in total. The molecule has 16 heavy (non-hydrogen) atoms. The summed E-state index contributed by atoms with van der Waals surface area (Å²) in [5.74, 6) is 0. The molecule has 84 valence electrons. The summed E-state index contributed by atoms with van der Waals surface area (Å²) in [5, 5.41) is 12.9. The molecule has 0 aliphatic rings. The van der Waals surface area contributed by atoms with Gasteiger partial charge in [-0.2, -0.15) is 0 Å². The molecule has 0 aliphatic heterocycles. The third-order valence-corrected chi connectivity index (χ3v) is 3.96. The zero-order chi connectivity index (χ0) is 11.7. The molecule has 2 rings (SSSR count). The Kier molecular flexibility index (Phi) is 3.33. The molecule has 1 unspecified atom stereocenters. The number of halogens is 1. The summed E-state index contributed by atoms with van der Waals surface area (Å²) in [7, 11) is 0. The van der Waals surface area contributed by atoms with Gasteiger partial charge < -0.3 is 5.11 Å². The third kappa shape index (κ3) is 2.14. The molecular formula is C13H13ClOS. The van der Waals surface area contributed by atoms with Crippen LogP contribution < -0.4 is 0 Å². The van der Waals surface area contributed by atoms with Crippen molar-refractivity contribution in [2.24, 2.45) is 0 Å². The Bertz CT molecular complexity index is 504. The Morgan fingerprint density at radius 2 is 2.06 bits per heavy atom. The molecule has 0 fully saturated rings. The molecular weight excluding hydrogens is 240 g/mol. The molecule has 1 nitrogen and oxygen atoms in total. The summed E-state index contributed by atoms with van der Waals surface area (Å²) in [6.07, 6.45) is -0.580. The van der Waals surface area contributed by atoms with Gasteiger partial charge in [0.25, 0.3) is 0 Å². The van der Waals surface area contributed by atoms with Crippen LogP contribution in [0.3, 0.4) is 0 Å². The van der Waals surface area contributed by atoms with E-state index >= 15 is 0 Å². The minimum atomic E-state index is -0.580. The first-order chi connectivity index (χ1) is 7.59. The summed E-state index contributed by atoms with van der Waals surface area (Å²) in [6.45, 7) is 3.96. The molecule has 1 heterocycles. The van der Waals surface area contributed by atoms with Gasteiger partial charge in [-0.25, -0.2) is 0 Å². The molecule has 0 spiro atoms. The second kappa shape index (κ2) is 4.58. The highest BCUT2D eigenvalue weighted by molar-refractivity contribution is 7.10. The van der Waals surface area contributed by atoms with Crippen molar-refractivity contribution in [3.8, 4) is 0 Å². The smallest absolute Gasteiger partial charge is 0.105 e. The van der Waals surface area contributed by atoms with Crippen LogP contribution in [-0.4, -0.2) is 5.11 Å². The summed E-state index contributed by atoms with van der Waals surface area (Å²) in [6, 6.07) is 7.63. The first-order valence-corrected chi connectivity index (χ1v) is 6.33. The van der Waals surface area contributed by atoms with Crippen LogP contribution in [0.15, 0.2) is 29.6 Å². The predicted octanol–water partition coefficient (Wildman–Crippen LogP) is 4.10. The maximum atomic E-state index is 10.3. The highest BCUT2D eigenvalue weighted by atomic mass is 35.5. The number of benzene rings is 1. The van der Waals surface area contributed by atoms with Crippen molar-refractivity contribution in [1.82, 2.24) is 0 Å². The maximum absolute atomic E-state index is 10.3. The van der Waals surface area contributed by atoms with Crippen LogP contribution in [0.5, 0.6) is 0 Å². The number of hydrogen-bond acceptors (Lipinski definition) is 2. The normalized spacial score (nSPS) is 12.8. The minimum Gasteiger partial charge on any atom is -0.384 e. The summed E-state index contributed by atoms with van der Waals surface area (Å²) in [5.41, 5.74) is 2.76. The fraction of sp³-hybridized carbons (Fsp3) is 0.231. The van der Waals surface area contributed by atoms with Gasteiger partial charge in [-0.3, -0.25) is 0 Å². The van der Waals surface area contributed by atoms with E-state index in [1.807, 2.05) is 43.5 Å². The molecule has 3 heteroatoms. The van der Waals surface area contributed by atoms with Gasteiger partial charge in [-0.1, -0.05) is 23.7 Å². The van der Waals surface area contributed by atoms with E-state index in [-0.39, 0.29) is 0 Å². The summed E-state index contributed by atoms with van der Waals surface area (Å²) >= 11 is 7.69. The topological polar surface area (TPSA) is 20.2 Å². The number of hydrogen-bond donors (Lipinski definition) is 1. The van der Waals surface area contributed by atoms with E-state index in [0.29, 0.717) is 5.02 Å². The van der Waals surface area contributed by atoms with E-state index in [1.165, 1.54) is 4.88 Å². The van der Waals surface area contributed by atoms with E-state index < -0.39 is 6.10 Å². The maximum Gasteiger partial charge on any atom is 0.105 e. The fourth-order valence-corrected chi connectivity index (χ4v) is 2.61. The molecule has 0 saturated heterocycles. The van der Waals surface area contributed by atoms with Gasteiger partial charge >= 0.3 is 0 Å². The van der Waals surface area contributed by atoms with Gasteiger partial charge in [-0.15, -0.1) is 11.3 Å². The Balaban J connectivity index is 2.41. The second-order valence-electron chi connectivity index (χ2n) is 3.85. The molecule has 0 radical (unpaired) electrons. The average Bonchev–Trinajstić information content (AvgIpc) is 2.68. The number of thiophene rings is 1. The van der Waals surface area contributed by atoms with E-state index in [9.17, 15) is 5.11 Å². The van der Waals surface area contributed by atoms with Gasteiger partial charge in [0, 0.05) is 9.90 Å². The van der Waals surface area contributed by atoms with Gasteiger partial charge in [-0.05, 0) is 48.1 Å². The quantitative estimate of drug-likeness (QED) is 0.853. The van der Waals surface area contributed by atoms with Crippen LogP contribution >= 0.6 is 22.9 Å². The molecule has 0 aliphatic carbocycles. The lowest BCUT2D eigenvalue weighted by Crippen LogP contribution is -2.00. The van der Waals surface area contributed by atoms with Gasteiger partial charge in [0.05, 0.1) is 0 Å².